The van der Waals surface area contributed by atoms with E-state index in [0.717, 1.165) is 84.9 Å². The highest BCUT2D eigenvalue weighted by molar-refractivity contribution is 5.37. The third-order valence-electron chi connectivity index (χ3n) is 12.5. The molecule has 0 radical (unpaired) electrons. The lowest BCUT2D eigenvalue weighted by atomic mass is 9.13. The summed E-state index contributed by atoms with van der Waals surface area (Å²) in [5.74, 6) is 9.14. The van der Waals surface area contributed by atoms with Gasteiger partial charge in [-0.2, -0.15) is 0 Å². The molecule has 24 heavy (non-hydrogen) atoms. The topological polar surface area (TPSA) is 40.5 Å². The molecular weight excluding hydrogens is 296 g/mol. The number of aliphatic hydroxyl groups is 2. The maximum Gasteiger partial charge on any atom is 0.0659 e. The zero-order valence-corrected chi connectivity index (χ0v) is 14.3. The lowest BCUT2D eigenvalue weighted by molar-refractivity contribution is -0.455. The molecule has 13 aliphatic rings. The molecule has 0 heterocycles. The van der Waals surface area contributed by atoms with Gasteiger partial charge in [0.1, 0.15) is 0 Å². The fourth-order valence-electron chi connectivity index (χ4n) is 13.5. The third kappa shape index (κ3) is 0.855. The van der Waals surface area contributed by atoms with E-state index in [-0.39, 0.29) is 11.2 Å². The van der Waals surface area contributed by atoms with Gasteiger partial charge in [-0.25, -0.2) is 0 Å². The second-order valence-corrected chi connectivity index (χ2v) is 12.6. The Balaban J connectivity index is 1.40. The van der Waals surface area contributed by atoms with Crippen molar-refractivity contribution in [1.29, 1.82) is 0 Å². The number of rotatable bonds is 0. The van der Waals surface area contributed by atoms with Crippen molar-refractivity contribution in [3.8, 4) is 0 Å². The zero-order valence-electron chi connectivity index (χ0n) is 14.3. The van der Waals surface area contributed by atoms with E-state index >= 15 is 0 Å². The van der Waals surface area contributed by atoms with Gasteiger partial charge in [-0.05, 0) is 121 Å². The van der Waals surface area contributed by atoms with E-state index in [0.29, 0.717) is 10.8 Å². The lowest BCUT2D eigenvalue weighted by Gasteiger charge is -2.92. The molecule has 2 heteroatoms. The minimum atomic E-state index is -0.273. The lowest BCUT2D eigenvalue weighted by Crippen LogP contribution is -2.88. The predicted molar refractivity (Wildman–Crippen MR) is 86.6 cm³/mol. The molecule has 2 nitrogen and oxygen atoms in total. The fraction of sp³-hybridized carbons (Fsp3) is 1.00. The second-order valence-electron chi connectivity index (χ2n) is 12.6. The molecule has 6 unspecified atom stereocenters. The molecule has 13 fully saturated rings. The maximum atomic E-state index is 11.4. The molecule has 2 spiro atoms. The van der Waals surface area contributed by atoms with Crippen molar-refractivity contribution in [2.75, 3.05) is 0 Å². The fourth-order valence-corrected chi connectivity index (χ4v) is 13.5. The average molecular weight is 324 g/mol. The van der Waals surface area contributed by atoms with Crippen LogP contribution < -0.4 is 0 Å². The highest BCUT2D eigenvalue weighted by atomic mass is 16.3. The number of hydrogen-bond donors (Lipinski definition) is 2. The molecule has 13 rings (SSSR count). The van der Waals surface area contributed by atoms with E-state index in [9.17, 15) is 10.2 Å². The van der Waals surface area contributed by atoms with Gasteiger partial charge in [-0.15, -0.1) is 0 Å². The summed E-state index contributed by atoms with van der Waals surface area (Å²) in [6.07, 6.45) is 9.87. The van der Waals surface area contributed by atoms with Gasteiger partial charge < -0.3 is 10.2 Å². The molecule has 0 aliphatic heterocycles. The standard InChI is InChI=1S/C22H28O2/c23-19-1-11-9-5-22-8-20(24)3-13-10-6-21(7-19,15(11)16(13)22)17(12(9)2-19)18(22)14(10)4-20/h9-18,23-24H,1-8H2/t9?,10?,11-,12+,13+,14-,15+,16-,17-,18+,19?,20?,21?,22?. The van der Waals surface area contributed by atoms with Crippen molar-refractivity contribution in [3.63, 3.8) is 0 Å². The van der Waals surface area contributed by atoms with Gasteiger partial charge >= 0.3 is 0 Å². The van der Waals surface area contributed by atoms with Gasteiger partial charge in [0.05, 0.1) is 11.2 Å². The van der Waals surface area contributed by atoms with Crippen LogP contribution in [0.15, 0.2) is 0 Å². The molecule has 128 valence electrons. The van der Waals surface area contributed by atoms with Gasteiger partial charge in [0.25, 0.3) is 0 Å². The Morgan fingerprint density at radius 2 is 0.792 bits per heavy atom. The van der Waals surface area contributed by atoms with E-state index < -0.39 is 0 Å². The van der Waals surface area contributed by atoms with Crippen LogP contribution in [0.3, 0.4) is 0 Å². The Labute approximate surface area is 143 Å². The van der Waals surface area contributed by atoms with Crippen LogP contribution >= 0.6 is 0 Å². The quantitative estimate of drug-likeness (QED) is 0.719. The zero-order chi connectivity index (χ0) is 15.4. The Bertz CT molecular complexity index is 638. The molecule has 0 aromatic rings. The van der Waals surface area contributed by atoms with Crippen molar-refractivity contribution < 1.29 is 10.2 Å². The molecule has 2 N–H and O–H groups in total. The van der Waals surface area contributed by atoms with Crippen molar-refractivity contribution in [2.24, 2.45) is 70.0 Å². The first-order valence-electron chi connectivity index (χ1n) is 10.9. The van der Waals surface area contributed by atoms with Crippen LogP contribution in [-0.4, -0.2) is 21.4 Å². The Morgan fingerprint density at radius 1 is 0.458 bits per heavy atom. The van der Waals surface area contributed by atoms with Crippen LogP contribution in [0.2, 0.25) is 0 Å². The molecule has 13 aliphatic carbocycles. The molecule has 0 aromatic carbocycles. The first-order valence-corrected chi connectivity index (χ1v) is 10.9. The normalized spacial score (nSPS) is 85.2. The second kappa shape index (κ2) is 2.87. The first kappa shape index (κ1) is 12.3. The summed E-state index contributed by atoms with van der Waals surface area (Å²) in [7, 11) is 0. The van der Waals surface area contributed by atoms with Gasteiger partial charge in [-0.3, -0.25) is 0 Å². The predicted octanol–water partition coefficient (Wildman–Crippen LogP) is 2.83. The largest absolute Gasteiger partial charge is 0.390 e. The van der Waals surface area contributed by atoms with Crippen LogP contribution in [0, 0.1) is 70.0 Å². The van der Waals surface area contributed by atoms with Crippen LogP contribution in [-0.2, 0) is 0 Å². The van der Waals surface area contributed by atoms with Crippen LogP contribution in [0.5, 0.6) is 0 Å². The minimum absolute atomic E-state index is 0.273. The molecular formula is C22H28O2. The summed E-state index contributed by atoms with van der Waals surface area (Å²) >= 11 is 0. The molecule has 13 saturated carbocycles. The Hall–Kier alpha value is -0.0800. The van der Waals surface area contributed by atoms with E-state index in [2.05, 4.69) is 0 Å². The SMILES string of the molecule is OC12C[C@@H]3C4CC56CC7(O)C[C@@H]8C9CC(C1)([C@@H]3[C@H]5[C@H]9C7)[C@@H]([C@H]86)[C@H]4C2. The summed E-state index contributed by atoms with van der Waals surface area (Å²) in [6, 6.07) is 0. The average Bonchev–Trinajstić information content (AvgIpc) is 2.50. The molecule has 0 saturated heterocycles. The van der Waals surface area contributed by atoms with Crippen LogP contribution in [0.25, 0.3) is 0 Å². The van der Waals surface area contributed by atoms with Gasteiger partial charge in [0, 0.05) is 0 Å². The van der Waals surface area contributed by atoms with Crippen molar-refractivity contribution in [3.05, 3.63) is 0 Å². The molecule has 0 amide bonds. The van der Waals surface area contributed by atoms with E-state index in [1.165, 1.54) is 25.7 Å². The summed E-state index contributed by atoms with van der Waals surface area (Å²) in [4.78, 5) is 0. The summed E-state index contributed by atoms with van der Waals surface area (Å²) in [5.41, 5.74) is 0.566. The van der Waals surface area contributed by atoms with E-state index in [1.807, 2.05) is 0 Å². The monoisotopic (exact) mass is 324 g/mol. The maximum absolute atomic E-state index is 11.4. The smallest absolute Gasteiger partial charge is 0.0659 e. The summed E-state index contributed by atoms with van der Waals surface area (Å²) in [5, 5.41) is 22.8. The Morgan fingerprint density at radius 3 is 1.12 bits per heavy atom. The number of hydrogen-bond acceptors (Lipinski definition) is 2. The minimum Gasteiger partial charge on any atom is -0.390 e. The van der Waals surface area contributed by atoms with Crippen molar-refractivity contribution in [1.82, 2.24) is 0 Å². The van der Waals surface area contributed by atoms with Crippen LogP contribution in [0.4, 0.5) is 0 Å². The van der Waals surface area contributed by atoms with E-state index in [1.54, 1.807) is 0 Å². The molecule has 14 bridgehead atoms. The first-order chi connectivity index (χ1) is 11.5. The summed E-state index contributed by atoms with van der Waals surface area (Å²) < 4.78 is 0. The van der Waals surface area contributed by atoms with Crippen molar-refractivity contribution >= 4 is 0 Å². The highest BCUT2D eigenvalue weighted by Crippen LogP contribution is 2.93. The Kier molecular flexibility index (Phi) is 1.48. The third-order valence-corrected chi connectivity index (χ3v) is 12.5. The molecule has 14 atom stereocenters. The summed E-state index contributed by atoms with van der Waals surface area (Å²) in [6.45, 7) is 0. The van der Waals surface area contributed by atoms with Gasteiger partial charge in [0.15, 0.2) is 0 Å². The van der Waals surface area contributed by atoms with Gasteiger partial charge in [-0.1, -0.05) is 0 Å². The van der Waals surface area contributed by atoms with Crippen molar-refractivity contribution in [2.45, 2.75) is 62.6 Å². The molecule has 0 aromatic heterocycles. The van der Waals surface area contributed by atoms with Crippen LogP contribution in [0.1, 0.15) is 51.4 Å². The highest BCUT2D eigenvalue weighted by Gasteiger charge is 2.89. The van der Waals surface area contributed by atoms with E-state index in [4.69, 9.17) is 0 Å². The van der Waals surface area contributed by atoms with Gasteiger partial charge in [0.2, 0.25) is 0 Å².